The van der Waals surface area contributed by atoms with E-state index in [1.807, 2.05) is 37.3 Å². The molecule has 53 heavy (non-hydrogen) atoms. The molecule has 0 saturated heterocycles. The number of anilines is 1. The Hall–Kier alpha value is -4.45. The second kappa shape index (κ2) is 18.5. The average molecular weight is 783 g/mol. The van der Waals surface area contributed by atoms with Crippen molar-refractivity contribution >= 4 is 50.7 Å². The van der Waals surface area contributed by atoms with Crippen LogP contribution < -0.4 is 23.8 Å². The molecule has 1 saturated carbocycles. The van der Waals surface area contributed by atoms with Gasteiger partial charge < -0.3 is 24.4 Å². The van der Waals surface area contributed by atoms with Gasteiger partial charge in [0.15, 0.2) is 11.5 Å². The van der Waals surface area contributed by atoms with Crippen LogP contribution in [0.1, 0.15) is 50.2 Å². The number of halogens is 2. The highest BCUT2D eigenvalue weighted by Crippen LogP contribution is 2.33. The topological polar surface area (TPSA) is 114 Å². The minimum atomic E-state index is -4.41. The molecule has 10 nitrogen and oxygen atoms in total. The molecule has 0 heterocycles. The molecule has 0 unspecified atom stereocenters. The molecule has 5 rings (SSSR count). The number of methoxy groups -OCH3 is 2. The van der Waals surface area contributed by atoms with Crippen LogP contribution >= 0.6 is 23.2 Å². The Morgan fingerprint density at radius 2 is 1.57 bits per heavy atom. The first-order chi connectivity index (χ1) is 25.5. The van der Waals surface area contributed by atoms with E-state index in [9.17, 15) is 18.0 Å². The first-order valence-corrected chi connectivity index (χ1v) is 19.8. The van der Waals surface area contributed by atoms with Crippen molar-refractivity contribution in [2.24, 2.45) is 0 Å². The summed E-state index contributed by atoms with van der Waals surface area (Å²) in [7, 11) is -1.55. The number of carbonyl (C=O) groups is 2. The van der Waals surface area contributed by atoms with Gasteiger partial charge in [0.2, 0.25) is 11.8 Å². The number of nitrogens with zero attached hydrogens (tertiary/aromatic N) is 2. The third-order valence-electron chi connectivity index (χ3n) is 9.24. The van der Waals surface area contributed by atoms with Gasteiger partial charge in [-0.05, 0) is 79.4 Å². The summed E-state index contributed by atoms with van der Waals surface area (Å²) in [6, 6.07) is 24.0. The van der Waals surface area contributed by atoms with Crippen molar-refractivity contribution in [2.45, 2.75) is 69.0 Å². The number of amides is 2. The third-order valence-corrected chi connectivity index (χ3v) is 11.6. The van der Waals surface area contributed by atoms with E-state index in [4.69, 9.17) is 37.4 Å². The SMILES string of the molecule is CCOc1ccc(N(CC(=O)N(Cc2ccc(Cl)cc2Cl)[C@@H](Cc2ccccc2)C(=O)NC2CCCCC2)S(=O)(=O)c2ccc(OC)c(OC)c2)cc1. The molecule has 4 aromatic rings. The Kier molecular flexibility index (Phi) is 13.9. The van der Waals surface area contributed by atoms with Crippen LogP contribution in [-0.4, -0.2) is 64.6 Å². The van der Waals surface area contributed by atoms with E-state index in [0.29, 0.717) is 33.7 Å². The van der Waals surface area contributed by atoms with Crippen molar-refractivity contribution in [1.82, 2.24) is 10.2 Å². The van der Waals surface area contributed by atoms with Crippen molar-refractivity contribution in [3.63, 3.8) is 0 Å². The zero-order valence-corrected chi connectivity index (χ0v) is 32.4. The van der Waals surface area contributed by atoms with Gasteiger partial charge in [-0.1, -0.05) is 78.9 Å². The van der Waals surface area contributed by atoms with Crippen LogP contribution in [0.5, 0.6) is 17.2 Å². The van der Waals surface area contributed by atoms with Crippen LogP contribution in [0.25, 0.3) is 0 Å². The molecular formula is C40H45Cl2N3O7S. The van der Waals surface area contributed by atoms with E-state index in [2.05, 4.69) is 5.32 Å². The zero-order valence-electron chi connectivity index (χ0n) is 30.1. The van der Waals surface area contributed by atoms with Gasteiger partial charge in [0.25, 0.3) is 10.0 Å². The molecule has 1 aliphatic rings. The van der Waals surface area contributed by atoms with Crippen LogP contribution in [0.2, 0.25) is 10.0 Å². The quantitative estimate of drug-likeness (QED) is 0.124. The number of hydrogen-bond acceptors (Lipinski definition) is 7. The Morgan fingerprint density at radius 3 is 2.21 bits per heavy atom. The predicted octanol–water partition coefficient (Wildman–Crippen LogP) is 7.69. The van der Waals surface area contributed by atoms with E-state index in [1.54, 1.807) is 42.5 Å². The van der Waals surface area contributed by atoms with Crippen LogP contribution in [0.4, 0.5) is 5.69 Å². The minimum Gasteiger partial charge on any atom is -0.494 e. The summed E-state index contributed by atoms with van der Waals surface area (Å²) in [6.45, 7) is 1.54. The number of carbonyl (C=O) groups excluding carboxylic acids is 2. The van der Waals surface area contributed by atoms with Crippen molar-refractivity contribution in [1.29, 1.82) is 0 Å². The van der Waals surface area contributed by atoms with E-state index in [1.165, 1.54) is 37.3 Å². The Labute approximate surface area is 322 Å². The van der Waals surface area contributed by atoms with E-state index >= 15 is 0 Å². The maximum absolute atomic E-state index is 14.9. The van der Waals surface area contributed by atoms with Crippen molar-refractivity contribution in [2.75, 3.05) is 31.7 Å². The second-order valence-corrected chi connectivity index (χ2v) is 15.5. The Bertz CT molecular complexity index is 1960. The molecular weight excluding hydrogens is 737 g/mol. The van der Waals surface area contributed by atoms with Gasteiger partial charge in [0, 0.05) is 35.1 Å². The van der Waals surface area contributed by atoms with E-state index in [0.717, 1.165) is 42.0 Å². The van der Waals surface area contributed by atoms with Crippen LogP contribution in [0, 0.1) is 0 Å². The monoisotopic (exact) mass is 781 g/mol. The number of ether oxygens (including phenoxy) is 3. The summed E-state index contributed by atoms with van der Waals surface area (Å²) in [5.41, 5.74) is 1.59. The molecule has 0 bridgehead atoms. The molecule has 1 atom stereocenters. The van der Waals surface area contributed by atoms with Gasteiger partial charge in [0.1, 0.15) is 18.3 Å². The lowest BCUT2D eigenvalue weighted by molar-refractivity contribution is -0.140. The maximum atomic E-state index is 14.9. The zero-order chi connectivity index (χ0) is 38.0. The summed E-state index contributed by atoms with van der Waals surface area (Å²) >= 11 is 12.9. The molecule has 0 spiro atoms. The van der Waals surface area contributed by atoms with Crippen molar-refractivity contribution in [3.05, 3.63) is 112 Å². The Balaban J connectivity index is 1.60. The molecule has 0 aliphatic heterocycles. The average Bonchev–Trinajstić information content (AvgIpc) is 3.16. The van der Waals surface area contributed by atoms with Gasteiger partial charge in [-0.25, -0.2) is 8.42 Å². The summed E-state index contributed by atoms with van der Waals surface area (Å²) in [5.74, 6) is 0.136. The summed E-state index contributed by atoms with van der Waals surface area (Å²) < 4.78 is 46.6. The third kappa shape index (κ3) is 10.2. The van der Waals surface area contributed by atoms with Gasteiger partial charge in [-0.15, -0.1) is 0 Å². The smallest absolute Gasteiger partial charge is 0.264 e. The van der Waals surface area contributed by atoms with Crippen LogP contribution in [0.15, 0.2) is 95.9 Å². The van der Waals surface area contributed by atoms with Crippen molar-refractivity contribution in [3.8, 4) is 17.2 Å². The van der Waals surface area contributed by atoms with E-state index in [-0.39, 0.29) is 41.2 Å². The standard InChI is InChI=1S/C40H45Cl2N3O7S/c1-4-52-33-19-17-32(18-20-33)45(53(48,49)34-21-22-37(50-2)38(25-34)51-3)27-39(46)44(26-29-15-16-30(41)24-35(29)42)36(23-28-11-7-5-8-12-28)40(47)43-31-13-9-6-10-14-31/h5,7-8,11-12,15-22,24-25,31,36H,4,6,9-10,13-14,23,26-27H2,1-3H3,(H,43,47)/t36-/m0/s1. The summed E-state index contributed by atoms with van der Waals surface area (Å²) in [4.78, 5) is 30.6. The van der Waals surface area contributed by atoms with Gasteiger partial charge >= 0.3 is 0 Å². The van der Waals surface area contributed by atoms with Gasteiger partial charge in [-0.3, -0.25) is 13.9 Å². The lowest BCUT2D eigenvalue weighted by Gasteiger charge is -2.35. The number of nitrogens with one attached hydrogen (secondary N) is 1. The fraction of sp³-hybridized carbons (Fsp3) is 0.350. The lowest BCUT2D eigenvalue weighted by atomic mass is 9.94. The minimum absolute atomic E-state index is 0.0311. The first kappa shape index (κ1) is 39.8. The number of sulfonamides is 1. The highest BCUT2D eigenvalue weighted by molar-refractivity contribution is 7.92. The van der Waals surface area contributed by atoms with Gasteiger partial charge in [0.05, 0.1) is 31.4 Å². The molecule has 1 fully saturated rings. The molecule has 282 valence electrons. The molecule has 1 N–H and O–H groups in total. The normalized spacial score (nSPS) is 13.8. The van der Waals surface area contributed by atoms with Crippen molar-refractivity contribution < 1.29 is 32.2 Å². The largest absolute Gasteiger partial charge is 0.494 e. The fourth-order valence-electron chi connectivity index (χ4n) is 6.44. The Morgan fingerprint density at radius 1 is 0.868 bits per heavy atom. The molecule has 2 amide bonds. The molecule has 13 heteroatoms. The van der Waals surface area contributed by atoms with Crippen LogP contribution in [0.3, 0.4) is 0 Å². The lowest BCUT2D eigenvalue weighted by Crippen LogP contribution is -2.55. The van der Waals surface area contributed by atoms with E-state index < -0.39 is 28.5 Å². The number of benzene rings is 4. The summed E-state index contributed by atoms with van der Waals surface area (Å²) in [6.07, 6.45) is 4.98. The summed E-state index contributed by atoms with van der Waals surface area (Å²) in [5, 5.41) is 3.93. The number of rotatable bonds is 16. The fourth-order valence-corrected chi connectivity index (χ4v) is 8.34. The molecule has 4 aromatic carbocycles. The van der Waals surface area contributed by atoms with Gasteiger partial charge in [-0.2, -0.15) is 0 Å². The molecule has 1 aliphatic carbocycles. The highest BCUT2D eigenvalue weighted by atomic mass is 35.5. The first-order valence-electron chi connectivity index (χ1n) is 17.6. The molecule has 0 radical (unpaired) electrons. The predicted molar refractivity (Wildman–Crippen MR) is 208 cm³/mol. The molecule has 0 aromatic heterocycles. The number of hydrogen-bond donors (Lipinski definition) is 1. The maximum Gasteiger partial charge on any atom is 0.264 e. The van der Waals surface area contributed by atoms with Crippen LogP contribution in [-0.2, 0) is 32.6 Å². The second-order valence-electron chi connectivity index (χ2n) is 12.8. The highest BCUT2D eigenvalue weighted by Gasteiger charge is 2.36.